The van der Waals surface area contributed by atoms with E-state index in [-0.39, 0.29) is 5.78 Å². The van der Waals surface area contributed by atoms with Gasteiger partial charge < -0.3 is 0 Å². The molecule has 0 saturated carbocycles. The van der Waals surface area contributed by atoms with Gasteiger partial charge in [-0.1, -0.05) is 0 Å². The summed E-state index contributed by atoms with van der Waals surface area (Å²) < 4.78 is 0. The van der Waals surface area contributed by atoms with Crippen LogP contribution in [0.4, 0.5) is 0 Å². The summed E-state index contributed by atoms with van der Waals surface area (Å²) in [6.07, 6.45) is 3.08. The van der Waals surface area contributed by atoms with E-state index in [9.17, 15) is 4.79 Å². The van der Waals surface area contributed by atoms with Gasteiger partial charge in [0.15, 0.2) is 5.78 Å². The van der Waals surface area contributed by atoms with Crippen molar-refractivity contribution in [1.29, 1.82) is 0 Å². The molecule has 0 spiro atoms. The van der Waals surface area contributed by atoms with Crippen LogP contribution in [0.1, 0.15) is 6.92 Å². The van der Waals surface area contributed by atoms with Crippen LogP contribution in [-0.2, 0) is 4.79 Å². The first-order valence-electron chi connectivity index (χ1n) is 2.26. The highest BCUT2D eigenvalue weighted by Gasteiger charge is 2.05. The van der Waals surface area contributed by atoms with Crippen LogP contribution >= 0.6 is 0 Å². The van der Waals surface area contributed by atoms with Gasteiger partial charge >= 0.3 is 0 Å². The summed E-state index contributed by atoms with van der Waals surface area (Å²) in [6, 6.07) is 0. The summed E-state index contributed by atoms with van der Waals surface area (Å²) in [5, 5.41) is 3.47. The summed E-state index contributed by atoms with van der Waals surface area (Å²) in [5.74, 6) is -0.0394. The Morgan fingerprint density at radius 3 is 2.75 bits per heavy atom. The molecule has 0 aliphatic carbocycles. The monoisotopic (exact) mass is 109 g/mol. The number of hydrogen-bond acceptors (Lipinski definition) is 2. The molecule has 0 amide bonds. The Morgan fingerprint density at radius 1 is 1.75 bits per heavy atom. The van der Waals surface area contributed by atoms with Gasteiger partial charge in [-0.05, 0) is 6.08 Å². The third-order valence-corrected chi connectivity index (χ3v) is 0.825. The first-order valence-corrected chi connectivity index (χ1v) is 2.26. The fourth-order valence-corrected chi connectivity index (χ4v) is 0.421. The van der Waals surface area contributed by atoms with Crippen LogP contribution in [0.15, 0.2) is 16.9 Å². The minimum atomic E-state index is -0.0394. The van der Waals surface area contributed by atoms with Crippen molar-refractivity contribution in [3.05, 3.63) is 11.8 Å². The van der Waals surface area contributed by atoms with Crippen molar-refractivity contribution in [2.45, 2.75) is 6.92 Å². The second-order valence-corrected chi connectivity index (χ2v) is 1.47. The highest BCUT2D eigenvalue weighted by Crippen LogP contribution is 1.95. The van der Waals surface area contributed by atoms with Crippen LogP contribution in [0, 0.1) is 0 Å². The Kier molecular flexibility index (Phi) is 1.12. The van der Waals surface area contributed by atoms with E-state index < -0.39 is 0 Å². The summed E-state index contributed by atoms with van der Waals surface area (Å²) in [4.78, 5) is 10.4. The molecule has 3 nitrogen and oxygen atoms in total. The average Bonchev–Trinajstić information content (AvgIpc) is 2.12. The maximum absolute atomic E-state index is 10.4. The Morgan fingerprint density at radius 2 is 2.50 bits per heavy atom. The molecule has 1 rings (SSSR count). The van der Waals surface area contributed by atoms with E-state index in [1.54, 1.807) is 6.08 Å². The Labute approximate surface area is 47.1 Å². The normalized spacial score (nSPS) is 15.4. The molecule has 0 bridgehead atoms. The van der Waals surface area contributed by atoms with E-state index in [2.05, 4.69) is 10.5 Å². The molecule has 1 aliphatic rings. The Balaban J connectivity index is 2.64. The standard InChI is InChI=1S/C5H5N2O/c1-4(8)5-2-3-6-7-5/h2-3H,1H3. The molecule has 0 aromatic heterocycles. The number of Topliss-reactive ketones (excluding diaryl/α,β-unsaturated/α-hetero) is 1. The van der Waals surface area contributed by atoms with Crippen LogP contribution in [0.25, 0.3) is 0 Å². The van der Waals surface area contributed by atoms with E-state index in [1.165, 1.54) is 13.1 Å². The fraction of sp³-hybridized carbons (Fsp3) is 0.200. The fourth-order valence-electron chi connectivity index (χ4n) is 0.421. The van der Waals surface area contributed by atoms with Gasteiger partial charge in [-0.3, -0.25) is 4.79 Å². The van der Waals surface area contributed by atoms with E-state index in [1.807, 2.05) is 0 Å². The summed E-state index contributed by atoms with van der Waals surface area (Å²) in [5.41, 5.74) is 3.95. The Bertz CT molecular complexity index is 169. The van der Waals surface area contributed by atoms with E-state index in [4.69, 9.17) is 0 Å². The third-order valence-electron chi connectivity index (χ3n) is 0.825. The van der Waals surface area contributed by atoms with Gasteiger partial charge in [0.2, 0.25) is 0 Å². The van der Waals surface area contributed by atoms with E-state index in [0.29, 0.717) is 5.70 Å². The smallest absolute Gasteiger partial charge is 0.180 e. The van der Waals surface area contributed by atoms with E-state index >= 15 is 0 Å². The van der Waals surface area contributed by atoms with Gasteiger partial charge in [-0.2, -0.15) is 5.10 Å². The number of hydrogen-bond donors (Lipinski definition) is 0. The van der Waals surface area contributed by atoms with Gasteiger partial charge in [0, 0.05) is 6.92 Å². The van der Waals surface area contributed by atoms with Crippen LogP contribution in [-0.4, -0.2) is 12.0 Å². The molecule has 0 saturated heterocycles. The lowest BCUT2D eigenvalue weighted by atomic mass is 10.3. The SMILES string of the molecule is CC(=O)C1=CC=N[N]1. The predicted molar refractivity (Wildman–Crippen MR) is 29.4 cm³/mol. The van der Waals surface area contributed by atoms with Gasteiger partial charge in [0.1, 0.15) is 5.70 Å². The molecule has 1 aliphatic heterocycles. The Hall–Kier alpha value is -1.12. The number of ketones is 1. The van der Waals surface area contributed by atoms with Crippen LogP contribution < -0.4 is 5.43 Å². The average molecular weight is 109 g/mol. The van der Waals surface area contributed by atoms with Crippen molar-refractivity contribution < 1.29 is 4.79 Å². The molecule has 8 heavy (non-hydrogen) atoms. The molecule has 0 N–H and O–H groups in total. The van der Waals surface area contributed by atoms with Gasteiger partial charge in [0.25, 0.3) is 0 Å². The van der Waals surface area contributed by atoms with Crippen molar-refractivity contribution >= 4 is 12.0 Å². The maximum Gasteiger partial charge on any atom is 0.180 e. The lowest BCUT2D eigenvalue weighted by molar-refractivity contribution is -0.113. The number of rotatable bonds is 1. The highest BCUT2D eigenvalue weighted by molar-refractivity contribution is 5.98. The molecular formula is C5H5N2O. The minimum absolute atomic E-state index is 0.0394. The van der Waals surface area contributed by atoms with Crippen molar-refractivity contribution in [3.8, 4) is 0 Å². The predicted octanol–water partition coefficient (Wildman–Crippen LogP) is 0.0631. The van der Waals surface area contributed by atoms with Crippen molar-refractivity contribution in [1.82, 2.24) is 5.43 Å². The van der Waals surface area contributed by atoms with Gasteiger partial charge in [-0.15, -0.1) is 5.43 Å². The maximum atomic E-state index is 10.4. The van der Waals surface area contributed by atoms with Crippen LogP contribution in [0.5, 0.6) is 0 Å². The van der Waals surface area contributed by atoms with Gasteiger partial charge in [-0.25, -0.2) is 0 Å². The first-order chi connectivity index (χ1) is 3.80. The van der Waals surface area contributed by atoms with Crippen molar-refractivity contribution in [2.75, 3.05) is 0 Å². The number of allylic oxidation sites excluding steroid dienone is 2. The van der Waals surface area contributed by atoms with Gasteiger partial charge in [0.05, 0.1) is 6.21 Å². The molecule has 0 atom stereocenters. The molecular weight excluding hydrogens is 104 g/mol. The molecule has 41 valence electrons. The second kappa shape index (κ2) is 1.78. The molecule has 0 unspecified atom stereocenters. The first kappa shape index (κ1) is 5.03. The molecule has 0 aromatic rings. The number of carbonyl (C=O) groups is 1. The van der Waals surface area contributed by atoms with E-state index in [0.717, 1.165) is 0 Å². The number of carbonyl (C=O) groups excluding carboxylic acids is 1. The number of nitrogens with zero attached hydrogens (tertiary/aromatic N) is 2. The summed E-state index contributed by atoms with van der Waals surface area (Å²) in [6.45, 7) is 1.46. The zero-order valence-electron chi connectivity index (χ0n) is 4.46. The summed E-state index contributed by atoms with van der Waals surface area (Å²) >= 11 is 0. The van der Waals surface area contributed by atoms with Crippen LogP contribution in [0.3, 0.4) is 0 Å². The largest absolute Gasteiger partial charge is 0.293 e. The molecule has 1 radical (unpaired) electrons. The van der Waals surface area contributed by atoms with Crippen molar-refractivity contribution in [2.24, 2.45) is 5.10 Å². The molecule has 0 fully saturated rings. The molecule has 0 aromatic carbocycles. The second-order valence-electron chi connectivity index (χ2n) is 1.47. The quantitative estimate of drug-likeness (QED) is 0.469. The highest BCUT2D eigenvalue weighted by atomic mass is 16.1. The minimum Gasteiger partial charge on any atom is -0.293 e. The summed E-state index contributed by atoms with van der Waals surface area (Å²) in [7, 11) is 0. The topological polar surface area (TPSA) is 43.5 Å². The van der Waals surface area contributed by atoms with Crippen LogP contribution in [0.2, 0.25) is 0 Å². The molecule has 3 heteroatoms. The zero-order chi connectivity index (χ0) is 5.98. The lowest BCUT2D eigenvalue weighted by Gasteiger charge is -1.86. The molecule has 1 heterocycles. The van der Waals surface area contributed by atoms with Crippen molar-refractivity contribution in [3.63, 3.8) is 0 Å². The lowest BCUT2D eigenvalue weighted by Crippen LogP contribution is -2.01. The zero-order valence-corrected chi connectivity index (χ0v) is 4.46. The third kappa shape index (κ3) is 0.753.